The van der Waals surface area contributed by atoms with E-state index in [1.807, 2.05) is 10.7 Å². The molecule has 0 radical (unpaired) electrons. The van der Waals surface area contributed by atoms with Gasteiger partial charge in [-0.3, -0.25) is 10.00 Å². The van der Waals surface area contributed by atoms with Gasteiger partial charge in [-0.15, -0.1) is 0 Å². The molecule has 0 aliphatic heterocycles. The van der Waals surface area contributed by atoms with Gasteiger partial charge in [-0.1, -0.05) is 38.1 Å². The van der Waals surface area contributed by atoms with Crippen molar-refractivity contribution in [3.05, 3.63) is 59.5 Å². The molecule has 3 aromatic heterocycles. The number of nitrogens with one attached hydrogen (secondary N) is 1. The van der Waals surface area contributed by atoms with Crippen molar-refractivity contribution >= 4 is 5.65 Å². The van der Waals surface area contributed by atoms with Crippen molar-refractivity contribution in [2.75, 3.05) is 7.05 Å². The number of rotatable bonds is 6. The topological polar surface area (TPSA) is 62.1 Å². The Kier molecular flexibility index (Phi) is 5.67. The molecular formula is C25H32N6. The molecule has 6 heteroatoms. The van der Waals surface area contributed by atoms with Crippen LogP contribution in [0.3, 0.4) is 0 Å². The number of nitrogens with zero attached hydrogens (tertiary/aromatic N) is 5. The van der Waals surface area contributed by atoms with Crippen molar-refractivity contribution in [3.63, 3.8) is 0 Å². The SMILES string of the molecule is Cc1cc(-c2[nH]nc(-c3ccc([C@H](C)N(C)C(C)C)cc3)c2C(C)C)cn2ncnc12. The van der Waals surface area contributed by atoms with E-state index in [9.17, 15) is 0 Å². The zero-order chi connectivity index (χ0) is 22.3. The van der Waals surface area contributed by atoms with Crippen LogP contribution in [0, 0.1) is 6.92 Å². The minimum atomic E-state index is 0.321. The zero-order valence-corrected chi connectivity index (χ0v) is 19.5. The van der Waals surface area contributed by atoms with E-state index in [4.69, 9.17) is 5.10 Å². The van der Waals surface area contributed by atoms with E-state index in [1.165, 1.54) is 11.1 Å². The van der Waals surface area contributed by atoms with E-state index >= 15 is 0 Å². The minimum absolute atomic E-state index is 0.321. The molecule has 0 amide bonds. The van der Waals surface area contributed by atoms with Crippen LogP contribution in [0.15, 0.2) is 42.9 Å². The molecule has 6 nitrogen and oxygen atoms in total. The average molecular weight is 417 g/mol. The Morgan fingerprint density at radius 2 is 1.71 bits per heavy atom. The number of aromatic nitrogens is 5. The third-order valence-corrected chi connectivity index (χ3v) is 6.32. The molecular weight excluding hydrogens is 384 g/mol. The highest BCUT2D eigenvalue weighted by molar-refractivity contribution is 5.75. The van der Waals surface area contributed by atoms with Crippen LogP contribution in [-0.4, -0.2) is 42.8 Å². The normalized spacial score (nSPS) is 13.1. The number of aromatic amines is 1. The van der Waals surface area contributed by atoms with Crippen molar-refractivity contribution < 1.29 is 0 Å². The summed E-state index contributed by atoms with van der Waals surface area (Å²) in [7, 11) is 2.17. The van der Waals surface area contributed by atoms with Crippen LogP contribution in [0.5, 0.6) is 0 Å². The summed E-state index contributed by atoms with van der Waals surface area (Å²) >= 11 is 0. The van der Waals surface area contributed by atoms with E-state index in [2.05, 4.69) is 99.0 Å². The van der Waals surface area contributed by atoms with E-state index < -0.39 is 0 Å². The Hall–Kier alpha value is -2.99. The smallest absolute Gasteiger partial charge is 0.158 e. The highest BCUT2D eigenvalue weighted by atomic mass is 15.3. The van der Waals surface area contributed by atoms with Gasteiger partial charge >= 0.3 is 0 Å². The maximum Gasteiger partial charge on any atom is 0.158 e. The molecule has 1 N–H and O–H groups in total. The second-order valence-electron chi connectivity index (χ2n) is 9.01. The molecule has 0 unspecified atom stereocenters. The Labute approximate surface area is 184 Å². The number of hydrogen-bond donors (Lipinski definition) is 1. The van der Waals surface area contributed by atoms with Gasteiger partial charge in [-0.05, 0) is 57.9 Å². The molecule has 1 atom stereocenters. The summed E-state index contributed by atoms with van der Waals surface area (Å²) in [4.78, 5) is 6.71. The molecule has 3 heterocycles. The molecule has 4 aromatic rings. The third-order valence-electron chi connectivity index (χ3n) is 6.32. The number of pyridine rings is 1. The van der Waals surface area contributed by atoms with Gasteiger partial charge in [0, 0.05) is 35.0 Å². The third kappa shape index (κ3) is 3.88. The molecule has 0 bridgehead atoms. The summed E-state index contributed by atoms with van der Waals surface area (Å²) in [6.45, 7) is 13.2. The molecule has 31 heavy (non-hydrogen) atoms. The van der Waals surface area contributed by atoms with Crippen LogP contribution in [0.2, 0.25) is 0 Å². The molecule has 0 aliphatic carbocycles. The predicted molar refractivity (Wildman–Crippen MR) is 126 cm³/mol. The van der Waals surface area contributed by atoms with Gasteiger partial charge in [-0.2, -0.15) is 10.2 Å². The minimum Gasteiger partial charge on any atom is -0.297 e. The first-order valence-electron chi connectivity index (χ1n) is 11.0. The number of aryl methyl sites for hydroxylation is 1. The number of H-pyrrole nitrogens is 1. The number of benzene rings is 1. The average Bonchev–Trinajstić information content (AvgIpc) is 3.40. The Balaban J connectivity index is 1.74. The Morgan fingerprint density at radius 3 is 2.35 bits per heavy atom. The van der Waals surface area contributed by atoms with Crippen LogP contribution in [0.1, 0.15) is 63.3 Å². The quantitative estimate of drug-likeness (QED) is 0.443. The molecule has 1 aromatic carbocycles. The monoisotopic (exact) mass is 416 g/mol. The standard InChI is InChI=1S/C25H32N6/c1-15(2)22-23(20-10-8-19(9-11-20)18(6)30(7)16(3)4)28-29-24(22)21-12-17(5)25-26-14-27-31(25)13-21/h8-16,18H,1-7H3,(H,28,29)/t18-/m0/s1. The van der Waals surface area contributed by atoms with Crippen LogP contribution in [0.4, 0.5) is 0 Å². The van der Waals surface area contributed by atoms with E-state index in [0.717, 1.165) is 33.7 Å². The lowest BCUT2D eigenvalue weighted by molar-refractivity contribution is 0.210. The van der Waals surface area contributed by atoms with Crippen LogP contribution in [0.25, 0.3) is 28.2 Å². The second-order valence-corrected chi connectivity index (χ2v) is 9.01. The van der Waals surface area contributed by atoms with E-state index in [1.54, 1.807) is 6.33 Å². The number of fused-ring (bicyclic) bond motifs is 1. The lowest BCUT2D eigenvalue weighted by Gasteiger charge is -2.28. The predicted octanol–water partition coefficient (Wildman–Crippen LogP) is 5.62. The van der Waals surface area contributed by atoms with Gasteiger partial charge < -0.3 is 0 Å². The Bertz CT molecular complexity index is 1180. The summed E-state index contributed by atoms with van der Waals surface area (Å²) in [5, 5.41) is 12.4. The maximum absolute atomic E-state index is 4.74. The second kappa shape index (κ2) is 8.27. The fourth-order valence-corrected chi connectivity index (χ4v) is 4.19. The molecule has 0 spiro atoms. The van der Waals surface area contributed by atoms with Crippen molar-refractivity contribution in [2.24, 2.45) is 0 Å². The van der Waals surface area contributed by atoms with Crippen LogP contribution >= 0.6 is 0 Å². The van der Waals surface area contributed by atoms with Crippen molar-refractivity contribution in [1.29, 1.82) is 0 Å². The van der Waals surface area contributed by atoms with Gasteiger partial charge in [0.25, 0.3) is 0 Å². The summed E-state index contributed by atoms with van der Waals surface area (Å²) in [5.41, 5.74) is 8.77. The zero-order valence-electron chi connectivity index (χ0n) is 19.5. The van der Waals surface area contributed by atoms with E-state index in [-0.39, 0.29) is 0 Å². The highest BCUT2D eigenvalue weighted by Crippen LogP contribution is 2.36. The lowest BCUT2D eigenvalue weighted by Crippen LogP contribution is -2.29. The van der Waals surface area contributed by atoms with Crippen LogP contribution < -0.4 is 0 Å². The summed E-state index contributed by atoms with van der Waals surface area (Å²) < 4.78 is 1.83. The molecule has 0 fully saturated rings. The molecule has 0 saturated carbocycles. The summed E-state index contributed by atoms with van der Waals surface area (Å²) in [6.07, 6.45) is 3.61. The van der Waals surface area contributed by atoms with Gasteiger partial charge in [0.2, 0.25) is 0 Å². The molecule has 0 aliphatic rings. The molecule has 162 valence electrons. The highest BCUT2D eigenvalue weighted by Gasteiger charge is 2.21. The first kappa shape index (κ1) is 21.2. The van der Waals surface area contributed by atoms with Crippen molar-refractivity contribution in [1.82, 2.24) is 29.7 Å². The van der Waals surface area contributed by atoms with Crippen LogP contribution in [-0.2, 0) is 0 Å². The molecule has 0 saturated heterocycles. The van der Waals surface area contributed by atoms with Gasteiger partial charge in [0.1, 0.15) is 6.33 Å². The van der Waals surface area contributed by atoms with Gasteiger partial charge in [0.05, 0.1) is 11.4 Å². The lowest BCUT2D eigenvalue weighted by atomic mass is 9.93. The molecule has 4 rings (SSSR count). The fraction of sp³-hybridized carbons (Fsp3) is 0.400. The van der Waals surface area contributed by atoms with Crippen molar-refractivity contribution in [2.45, 2.75) is 59.5 Å². The van der Waals surface area contributed by atoms with Gasteiger partial charge in [-0.25, -0.2) is 9.50 Å². The number of hydrogen-bond acceptors (Lipinski definition) is 4. The Morgan fingerprint density at radius 1 is 1.00 bits per heavy atom. The first-order valence-corrected chi connectivity index (χ1v) is 11.0. The van der Waals surface area contributed by atoms with E-state index in [0.29, 0.717) is 18.0 Å². The van der Waals surface area contributed by atoms with Crippen molar-refractivity contribution in [3.8, 4) is 22.5 Å². The van der Waals surface area contributed by atoms with Gasteiger partial charge in [0.15, 0.2) is 5.65 Å². The largest absolute Gasteiger partial charge is 0.297 e. The summed E-state index contributed by atoms with van der Waals surface area (Å²) in [6, 6.07) is 11.9. The summed E-state index contributed by atoms with van der Waals surface area (Å²) in [5.74, 6) is 0.321. The fourth-order valence-electron chi connectivity index (χ4n) is 4.19. The maximum atomic E-state index is 4.74. The first-order chi connectivity index (χ1) is 14.8.